The summed E-state index contributed by atoms with van der Waals surface area (Å²) in [5.41, 5.74) is -0.409. The number of aryl methyl sites for hydroxylation is 1. The van der Waals surface area contributed by atoms with Gasteiger partial charge >= 0.3 is 5.69 Å². The van der Waals surface area contributed by atoms with Gasteiger partial charge in [0.05, 0.1) is 0 Å². The molecule has 2 N–H and O–H groups in total. The van der Waals surface area contributed by atoms with E-state index < -0.39 is 11.2 Å². The smallest absolute Gasteiger partial charge is 0.329 e. The number of aromatic amines is 2. The maximum absolute atomic E-state index is 11.9. The number of rotatable bonds is 2. The Morgan fingerprint density at radius 2 is 2.11 bits per heavy atom. The quantitative estimate of drug-likeness (QED) is 0.814. The van der Waals surface area contributed by atoms with Crippen LogP contribution in [0.4, 0.5) is 0 Å². The van der Waals surface area contributed by atoms with Crippen molar-refractivity contribution in [1.82, 2.24) is 19.5 Å². The average molecular weight is 278 g/mol. The van der Waals surface area contributed by atoms with Crippen LogP contribution in [-0.2, 0) is 6.54 Å². The van der Waals surface area contributed by atoms with Gasteiger partial charge in [0.2, 0.25) is 0 Å². The Morgan fingerprint density at radius 3 is 2.68 bits per heavy atom. The highest BCUT2D eigenvalue weighted by atomic mass is 32.1. The van der Waals surface area contributed by atoms with E-state index in [0.717, 1.165) is 18.7 Å². The first kappa shape index (κ1) is 12.3. The van der Waals surface area contributed by atoms with Crippen molar-refractivity contribution in [3.8, 4) is 0 Å². The minimum atomic E-state index is -0.474. The highest BCUT2D eigenvalue weighted by Crippen LogP contribution is 2.34. The van der Waals surface area contributed by atoms with Crippen molar-refractivity contribution in [2.75, 3.05) is 0 Å². The fourth-order valence-corrected chi connectivity index (χ4v) is 2.68. The lowest BCUT2D eigenvalue weighted by atomic mass is 9.85. The van der Waals surface area contributed by atoms with Crippen LogP contribution in [0.15, 0.2) is 9.59 Å². The molecule has 1 saturated carbocycles. The van der Waals surface area contributed by atoms with Gasteiger partial charge < -0.3 is 4.98 Å². The van der Waals surface area contributed by atoms with Crippen molar-refractivity contribution in [3.05, 3.63) is 31.3 Å². The molecule has 0 saturated heterocycles. The molecule has 7 heteroatoms. The Bertz CT molecular complexity index is 813. The second kappa shape index (κ2) is 4.41. The van der Waals surface area contributed by atoms with Crippen LogP contribution in [0.1, 0.15) is 37.9 Å². The molecule has 3 rings (SSSR count). The van der Waals surface area contributed by atoms with Gasteiger partial charge in [-0.05, 0) is 19.8 Å². The summed E-state index contributed by atoms with van der Waals surface area (Å²) in [7, 11) is 0. The fourth-order valence-electron chi connectivity index (χ4n) is 2.39. The fraction of sp³-hybridized carbons (Fsp3) is 0.500. The summed E-state index contributed by atoms with van der Waals surface area (Å²) in [6.45, 7) is 2.31. The Kier molecular flexibility index (Phi) is 2.85. The average Bonchev–Trinajstić information content (AvgIpc) is 2.25. The Labute approximate surface area is 113 Å². The molecule has 0 spiro atoms. The van der Waals surface area contributed by atoms with E-state index >= 15 is 0 Å². The number of aromatic nitrogens is 4. The molecule has 0 bridgehead atoms. The van der Waals surface area contributed by atoms with Crippen LogP contribution in [0.25, 0.3) is 11.0 Å². The molecule has 100 valence electrons. The lowest BCUT2D eigenvalue weighted by Crippen LogP contribution is -2.31. The highest BCUT2D eigenvalue weighted by molar-refractivity contribution is 7.71. The van der Waals surface area contributed by atoms with E-state index in [1.54, 1.807) is 0 Å². The van der Waals surface area contributed by atoms with Crippen LogP contribution in [0.5, 0.6) is 0 Å². The summed E-state index contributed by atoms with van der Waals surface area (Å²) in [6, 6.07) is 0. The Balaban J connectivity index is 2.41. The second-order valence-corrected chi connectivity index (χ2v) is 5.17. The van der Waals surface area contributed by atoms with Crippen LogP contribution in [0.2, 0.25) is 0 Å². The van der Waals surface area contributed by atoms with Crippen LogP contribution in [0, 0.1) is 4.64 Å². The molecule has 0 radical (unpaired) electrons. The van der Waals surface area contributed by atoms with Crippen molar-refractivity contribution in [2.45, 2.75) is 38.6 Å². The van der Waals surface area contributed by atoms with Gasteiger partial charge in [-0.1, -0.05) is 18.6 Å². The van der Waals surface area contributed by atoms with E-state index in [9.17, 15) is 9.59 Å². The Hall–Kier alpha value is -1.76. The van der Waals surface area contributed by atoms with Crippen LogP contribution in [-0.4, -0.2) is 19.5 Å². The molecule has 2 aromatic heterocycles. The van der Waals surface area contributed by atoms with Crippen LogP contribution < -0.4 is 11.2 Å². The zero-order valence-corrected chi connectivity index (χ0v) is 11.3. The Morgan fingerprint density at radius 1 is 1.37 bits per heavy atom. The summed E-state index contributed by atoms with van der Waals surface area (Å²) in [6.07, 6.45) is 3.33. The van der Waals surface area contributed by atoms with Gasteiger partial charge in [0.1, 0.15) is 21.5 Å². The van der Waals surface area contributed by atoms with Crippen molar-refractivity contribution in [2.24, 2.45) is 0 Å². The van der Waals surface area contributed by atoms with Gasteiger partial charge in [0.15, 0.2) is 0 Å². The monoisotopic (exact) mass is 278 g/mol. The van der Waals surface area contributed by atoms with Crippen molar-refractivity contribution >= 4 is 23.3 Å². The molecule has 0 aliphatic heterocycles. The minimum absolute atomic E-state index is 0.263. The third-order valence-electron chi connectivity index (χ3n) is 3.69. The van der Waals surface area contributed by atoms with Gasteiger partial charge in [0.25, 0.3) is 5.56 Å². The maximum atomic E-state index is 11.9. The zero-order valence-electron chi connectivity index (χ0n) is 10.5. The molecule has 2 aromatic rings. The topological polar surface area (TPSA) is 83.5 Å². The SMILES string of the molecule is CCn1c(=O)[nH]c(=O)c2c(=S)nc(C3CCC3)[nH]c21. The molecule has 1 aliphatic rings. The molecule has 0 atom stereocenters. The number of fused-ring (bicyclic) bond motifs is 1. The van der Waals surface area contributed by atoms with Gasteiger partial charge in [-0.25, -0.2) is 9.78 Å². The predicted molar refractivity (Wildman–Crippen MR) is 74.1 cm³/mol. The molecule has 1 fully saturated rings. The molecular weight excluding hydrogens is 264 g/mol. The summed E-state index contributed by atoms with van der Waals surface area (Å²) >= 11 is 5.20. The molecule has 19 heavy (non-hydrogen) atoms. The van der Waals surface area contributed by atoms with Gasteiger partial charge in [-0.2, -0.15) is 0 Å². The lowest BCUT2D eigenvalue weighted by molar-refractivity contribution is 0.401. The number of nitrogens with zero attached hydrogens (tertiary/aromatic N) is 2. The van der Waals surface area contributed by atoms with Crippen LogP contribution in [0.3, 0.4) is 0 Å². The first-order valence-corrected chi connectivity index (χ1v) is 6.79. The van der Waals surface area contributed by atoms with Crippen LogP contribution >= 0.6 is 12.2 Å². The first-order chi connectivity index (χ1) is 9.11. The number of H-pyrrole nitrogens is 2. The normalized spacial score (nSPS) is 15.6. The molecule has 0 aromatic carbocycles. The van der Waals surface area contributed by atoms with Crippen molar-refractivity contribution < 1.29 is 0 Å². The molecule has 0 unspecified atom stereocenters. The lowest BCUT2D eigenvalue weighted by Gasteiger charge is -2.24. The number of nitrogens with one attached hydrogen (secondary N) is 2. The van der Waals surface area contributed by atoms with E-state index in [1.807, 2.05) is 6.92 Å². The van der Waals surface area contributed by atoms with Crippen molar-refractivity contribution in [3.63, 3.8) is 0 Å². The first-order valence-electron chi connectivity index (χ1n) is 6.39. The third-order valence-corrected chi connectivity index (χ3v) is 3.99. The van der Waals surface area contributed by atoms with Gasteiger partial charge in [-0.3, -0.25) is 14.3 Å². The molecule has 2 heterocycles. The van der Waals surface area contributed by atoms with E-state index in [4.69, 9.17) is 12.2 Å². The summed E-state index contributed by atoms with van der Waals surface area (Å²) < 4.78 is 1.75. The van der Waals surface area contributed by atoms with E-state index in [-0.39, 0.29) is 4.64 Å². The largest absolute Gasteiger partial charge is 0.329 e. The van der Waals surface area contributed by atoms with E-state index in [2.05, 4.69) is 15.0 Å². The highest BCUT2D eigenvalue weighted by Gasteiger charge is 2.23. The third kappa shape index (κ3) is 1.85. The zero-order chi connectivity index (χ0) is 13.6. The summed E-state index contributed by atoms with van der Waals surface area (Å²) in [4.78, 5) is 33.4. The maximum Gasteiger partial charge on any atom is 0.329 e. The molecule has 6 nitrogen and oxygen atoms in total. The molecule has 0 amide bonds. The summed E-state index contributed by atoms with van der Waals surface area (Å²) in [5, 5.41) is 0.291. The van der Waals surface area contributed by atoms with Gasteiger partial charge in [0, 0.05) is 12.5 Å². The summed E-state index contributed by atoms with van der Waals surface area (Å²) in [5.74, 6) is 1.15. The molecular formula is C12H14N4O2S. The van der Waals surface area contributed by atoms with E-state index in [1.165, 1.54) is 11.0 Å². The number of hydrogen-bond acceptors (Lipinski definition) is 4. The minimum Gasteiger partial charge on any atom is -0.329 e. The second-order valence-electron chi connectivity index (χ2n) is 4.78. The van der Waals surface area contributed by atoms with Crippen molar-refractivity contribution in [1.29, 1.82) is 0 Å². The van der Waals surface area contributed by atoms with Gasteiger partial charge in [-0.15, -0.1) is 0 Å². The predicted octanol–water partition coefficient (Wildman–Crippen LogP) is 1.43. The standard InChI is InChI=1S/C12H14N4O2S/c1-2-16-9-7(10(17)15-12(16)18)11(19)14-8(13-9)6-4-3-5-6/h6H,2-5H2,1H3,(H,13,14,19)(H,15,17,18). The van der Waals surface area contributed by atoms with E-state index in [0.29, 0.717) is 23.5 Å². The number of hydrogen-bond donors (Lipinski definition) is 2. The molecule has 1 aliphatic carbocycles.